The zero-order valence-electron chi connectivity index (χ0n) is 31.8. The molecular weight excluding hydrogens is 663 g/mol. The maximum absolute atomic E-state index is 5.68. The molecule has 2 aliphatic carbocycles. The largest absolute Gasteiger partial charge is 0.309 e. The van der Waals surface area contributed by atoms with E-state index in [-0.39, 0.29) is 28.1 Å². The molecule has 2 aromatic heterocycles. The molecule has 1 N–H and O–H groups in total. The van der Waals surface area contributed by atoms with Gasteiger partial charge in [-0.3, -0.25) is 5.32 Å². The highest BCUT2D eigenvalue weighted by molar-refractivity contribution is 7.25. The normalized spacial score (nSPS) is 27.9. The van der Waals surface area contributed by atoms with Gasteiger partial charge in [-0.25, -0.2) is 4.99 Å². The maximum Gasteiger partial charge on any atom is 0.181 e. The molecule has 5 aromatic carbocycles. The fraction of sp³-hybridized carbons (Fsp3) is 0.327. The summed E-state index contributed by atoms with van der Waals surface area (Å²) in [4.78, 5) is 5.68. The van der Waals surface area contributed by atoms with E-state index in [1.807, 2.05) is 11.3 Å². The first-order valence-corrected chi connectivity index (χ1v) is 20.3. The van der Waals surface area contributed by atoms with Crippen LogP contribution in [0.15, 0.2) is 126 Å². The van der Waals surface area contributed by atoms with Crippen molar-refractivity contribution in [2.75, 3.05) is 0 Å². The molecule has 1 aliphatic heterocycles. The van der Waals surface area contributed by atoms with Crippen LogP contribution in [0.1, 0.15) is 87.8 Å². The van der Waals surface area contributed by atoms with Gasteiger partial charge in [-0.1, -0.05) is 138 Å². The number of nitrogens with one attached hydrogen (secondary N) is 1. The molecule has 0 spiro atoms. The van der Waals surface area contributed by atoms with Crippen LogP contribution < -0.4 is 5.32 Å². The number of aliphatic imine (C=N–C) groups is 1. The lowest BCUT2D eigenvalue weighted by Gasteiger charge is -2.57. The predicted molar refractivity (Wildman–Crippen MR) is 224 cm³/mol. The van der Waals surface area contributed by atoms with Crippen molar-refractivity contribution in [1.82, 2.24) is 9.88 Å². The zero-order valence-corrected chi connectivity index (χ0v) is 32.6. The van der Waals surface area contributed by atoms with E-state index in [4.69, 9.17) is 4.99 Å². The molecule has 0 saturated heterocycles. The minimum atomic E-state index is -0.341. The molecule has 53 heavy (non-hydrogen) atoms. The van der Waals surface area contributed by atoms with Crippen LogP contribution >= 0.6 is 11.3 Å². The number of nitrogens with zero attached hydrogens (tertiary/aromatic N) is 2. The second kappa shape index (κ2) is 11.5. The second-order valence-electron chi connectivity index (χ2n) is 17.6. The second-order valence-corrected chi connectivity index (χ2v) is 18.7. The van der Waals surface area contributed by atoms with E-state index in [1.54, 1.807) is 0 Å². The summed E-state index contributed by atoms with van der Waals surface area (Å²) in [5.74, 6) is 0.522. The lowest BCUT2D eigenvalue weighted by atomic mass is 9.47. The van der Waals surface area contributed by atoms with Gasteiger partial charge in [0.2, 0.25) is 0 Å². The molecule has 266 valence electrons. The zero-order chi connectivity index (χ0) is 36.3. The number of thiophene rings is 1. The molecule has 5 unspecified atom stereocenters. The van der Waals surface area contributed by atoms with Crippen molar-refractivity contribution in [3.05, 3.63) is 155 Å². The van der Waals surface area contributed by atoms with Gasteiger partial charge in [0, 0.05) is 48.9 Å². The summed E-state index contributed by atoms with van der Waals surface area (Å²) in [5.41, 5.74) is 10.8. The van der Waals surface area contributed by atoms with E-state index in [0.717, 1.165) is 31.4 Å². The van der Waals surface area contributed by atoms with Crippen LogP contribution in [0.25, 0.3) is 31.1 Å². The fourth-order valence-electron chi connectivity index (χ4n) is 11.1. The number of fused-ring (bicyclic) bond motifs is 7. The third-order valence-electron chi connectivity index (χ3n) is 14.7. The molecule has 7 aromatic rings. The Labute approximate surface area is 317 Å². The molecule has 3 nitrogen and oxygen atoms in total. The van der Waals surface area contributed by atoms with E-state index in [0.29, 0.717) is 5.92 Å². The molecule has 0 amide bonds. The quantitative estimate of drug-likeness (QED) is 0.193. The molecule has 3 heterocycles. The van der Waals surface area contributed by atoms with Crippen molar-refractivity contribution in [3.63, 3.8) is 0 Å². The van der Waals surface area contributed by atoms with Gasteiger partial charge in [0.15, 0.2) is 6.29 Å². The van der Waals surface area contributed by atoms with Crippen molar-refractivity contribution in [2.24, 2.45) is 21.7 Å². The highest BCUT2D eigenvalue weighted by atomic mass is 32.1. The van der Waals surface area contributed by atoms with Crippen LogP contribution in [0.5, 0.6) is 0 Å². The Morgan fingerprint density at radius 3 is 2.21 bits per heavy atom. The van der Waals surface area contributed by atoms with Crippen LogP contribution in [-0.4, -0.2) is 10.3 Å². The van der Waals surface area contributed by atoms with Gasteiger partial charge in [0.1, 0.15) is 0 Å². The van der Waals surface area contributed by atoms with E-state index in [9.17, 15) is 0 Å². The summed E-state index contributed by atoms with van der Waals surface area (Å²) in [6.07, 6.45) is 3.76. The summed E-state index contributed by atoms with van der Waals surface area (Å²) in [6.45, 7) is 15.2. The average Bonchev–Trinajstić information content (AvgIpc) is 3.76. The first kappa shape index (κ1) is 33.1. The van der Waals surface area contributed by atoms with Crippen LogP contribution in [0, 0.1) is 16.7 Å². The molecule has 0 fully saturated rings. The lowest BCUT2D eigenvalue weighted by Crippen LogP contribution is -2.55. The summed E-state index contributed by atoms with van der Waals surface area (Å²) in [6, 6.07) is 45.2. The minimum absolute atomic E-state index is 0.0481. The van der Waals surface area contributed by atoms with Crippen molar-refractivity contribution in [2.45, 2.75) is 84.5 Å². The fourth-order valence-corrected chi connectivity index (χ4v) is 12.2. The van der Waals surface area contributed by atoms with Gasteiger partial charge < -0.3 is 4.57 Å². The summed E-state index contributed by atoms with van der Waals surface area (Å²) in [7, 11) is 0. The van der Waals surface area contributed by atoms with Gasteiger partial charge in [-0.2, -0.15) is 0 Å². The Kier molecular flexibility index (Phi) is 7.18. The topological polar surface area (TPSA) is 29.3 Å². The van der Waals surface area contributed by atoms with E-state index in [1.165, 1.54) is 64.6 Å². The smallest absolute Gasteiger partial charge is 0.181 e. The van der Waals surface area contributed by atoms with E-state index >= 15 is 0 Å². The average molecular weight is 712 g/mol. The molecule has 10 rings (SSSR count). The molecule has 4 heteroatoms. The predicted octanol–water partition coefficient (Wildman–Crippen LogP) is 12.1. The van der Waals surface area contributed by atoms with Gasteiger partial charge in [-0.15, -0.1) is 11.3 Å². The lowest BCUT2D eigenvalue weighted by molar-refractivity contribution is -0.0396. The molecule has 0 radical (unpaired) electrons. The minimum Gasteiger partial charge on any atom is -0.309 e. The third-order valence-corrected chi connectivity index (χ3v) is 15.9. The first-order valence-electron chi connectivity index (χ1n) is 19.5. The van der Waals surface area contributed by atoms with Crippen LogP contribution in [0.2, 0.25) is 0 Å². The monoisotopic (exact) mass is 711 g/mol. The SMILES string of the molecule is CC1Cc2c(n(C3N=C(c4ccccc4)CC(C)(c4ccc5c(c4)sc4ccccc45)N3)c3ccccc23)CC1(C)C1(C)Cc2ccccc2C1(C)C. The summed E-state index contributed by atoms with van der Waals surface area (Å²) >= 11 is 1.90. The number of hydrogen-bond acceptors (Lipinski definition) is 3. The van der Waals surface area contributed by atoms with Crippen molar-refractivity contribution >= 4 is 48.1 Å². The van der Waals surface area contributed by atoms with Crippen LogP contribution in [-0.2, 0) is 30.2 Å². The Morgan fingerprint density at radius 2 is 1.40 bits per heavy atom. The van der Waals surface area contributed by atoms with Gasteiger partial charge in [0.05, 0.1) is 5.52 Å². The Morgan fingerprint density at radius 1 is 0.698 bits per heavy atom. The standard InChI is InChI=1S/C49H49N3S/c1-31-26-38-35-19-11-14-22-41(35)52(42(38)30-47(31,4)49(6)28-33-18-10-13-21-39(33)46(49,2)3)45-50-40(32-16-8-7-9-17-32)29-48(5,51-45)34-24-25-37-36-20-12-15-23-43(36)53-44(37)27-34/h7-25,27,31,45,51H,26,28-30H2,1-6H3. The highest BCUT2D eigenvalue weighted by Gasteiger charge is 2.61. The first-order chi connectivity index (χ1) is 25.5. The number of aromatic nitrogens is 1. The summed E-state index contributed by atoms with van der Waals surface area (Å²) in [5, 5.41) is 8.28. The van der Waals surface area contributed by atoms with E-state index in [2.05, 4.69) is 173 Å². The molecule has 0 bridgehead atoms. The Bertz CT molecular complexity index is 2610. The molecular formula is C49H49N3S. The number of benzene rings is 5. The molecule has 0 saturated carbocycles. The molecule has 3 aliphatic rings. The maximum atomic E-state index is 5.68. The number of rotatable bonds is 4. The van der Waals surface area contributed by atoms with Gasteiger partial charge in [-0.05, 0) is 94.4 Å². The van der Waals surface area contributed by atoms with Gasteiger partial charge in [0.25, 0.3) is 0 Å². The van der Waals surface area contributed by atoms with Crippen molar-refractivity contribution in [1.29, 1.82) is 0 Å². The third kappa shape index (κ3) is 4.64. The molecule has 5 atom stereocenters. The Balaban J connectivity index is 1.14. The van der Waals surface area contributed by atoms with Crippen molar-refractivity contribution in [3.8, 4) is 0 Å². The number of hydrogen-bond donors (Lipinski definition) is 1. The summed E-state index contributed by atoms with van der Waals surface area (Å²) < 4.78 is 5.30. The Hall–Kier alpha value is -4.51. The van der Waals surface area contributed by atoms with Crippen molar-refractivity contribution < 1.29 is 0 Å². The highest BCUT2D eigenvalue weighted by Crippen LogP contribution is 2.65. The number of para-hydroxylation sites is 1. The van der Waals surface area contributed by atoms with Crippen LogP contribution in [0.3, 0.4) is 0 Å². The van der Waals surface area contributed by atoms with Crippen LogP contribution in [0.4, 0.5) is 0 Å². The van der Waals surface area contributed by atoms with Gasteiger partial charge >= 0.3 is 0 Å². The van der Waals surface area contributed by atoms with E-state index < -0.39 is 0 Å².